The van der Waals surface area contributed by atoms with E-state index < -0.39 is 0 Å². The Morgan fingerprint density at radius 1 is 1.29 bits per heavy atom. The van der Waals surface area contributed by atoms with Crippen LogP contribution < -0.4 is 5.32 Å². The van der Waals surface area contributed by atoms with E-state index in [1.807, 2.05) is 13.8 Å². The number of aliphatic hydroxyl groups excluding tert-OH is 2. The van der Waals surface area contributed by atoms with Crippen molar-refractivity contribution in [3.8, 4) is 0 Å². The SMILES string of the molecule is Cc1ncc(NC(CO)CO)nc1C. The van der Waals surface area contributed by atoms with Gasteiger partial charge < -0.3 is 15.5 Å². The highest BCUT2D eigenvalue weighted by Gasteiger charge is 2.06. The van der Waals surface area contributed by atoms with Crippen LogP contribution in [-0.4, -0.2) is 39.4 Å². The van der Waals surface area contributed by atoms with Gasteiger partial charge in [0.05, 0.1) is 36.8 Å². The molecule has 14 heavy (non-hydrogen) atoms. The van der Waals surface area contributed by atoms with Crippen LogP contribution in [0.3, 0.4) is 0 Å². The highest BCUT2D eigenvalue weighted by atomic mass is 16.3. The first kappa shape index (κ1) is 10.9. The van der Waals surface area contributed by atoms with Crippen molar-refractivity contribution in [2.45, 2.75) is 19.9 Å². The van der Waals surface area contributed by atoms with Crippen LogP contribution >= 0.6 is 0 Å². The molecule has 0 aliphatic carbocycles. The largest absolute Gasteiger partial charge is 0.394 e. The molecule has 0 fully saturated rings. The van der Waals surface area contributed by atoms with Crippen LogP contribution in [-0.2, 0) is 0 Å². The highest BCUT2D eigenvalue weighted by molar-refractivity contribution is 5.34. The van der Waals surface area contributed by atoms with E-state index in [1.54, 1.807) is 6.20 Å². The number of aliphatic hydroxyl groups is 2. The van der Waals surface area contributed by atoms with E-state index in [-0.39, 0.29) is 19.3 Å². The number of anilines is 1. The van der Waals surface area contributed by atoms with Crippen molar-refractivity contribution in [3.05, 3.63) is 17.6 Å². The summed E-state index contributed by atoms with van der Waals surface area (Å²) in [6, 6.07) is -0.383. The number of aryl methyl sites for hydroxylation is 2. The van der Waals surface area contributed by atoms with E-state index in [1.165, 1.54) is 0 Å². The van der Waals surface area contributed by atoms with Crippen molar-refractivity contribution in [1.82, 2.24) is 9.97 Å². The van der Waals surface area contributed by atoms with Crippen molar-refractivity contribution in [1.29, 1.82) is 0 Å². The summed E-state index contributed by atoms with van der Waals surface area (Å²) < 4.78 is 0. The van der Waals surface area contributed by atoms with Gasteiger partial charge in [-0.05, 0) is 13.8 Å². The molecule has 1 aromatic heterocycles. The number of nitrogens with one attached hydrogen (secondary N) is 1. The summed E-state index contributed by atoms with van der Waals surface area (Å²) in [6.07, 6.45) is 1.58. The minimum absolute atomic E-state index is 0.134. The Labute approximate surface area is 82.8 Å². The fourth-order valence-electron chi connectivity index (χ4n) is 0.970. The summed E-state index contributed by atoms with van der Waals surface area (Å²) in [5.41, 5.74) is 1.71. The molecule has 0 aliphatic heterocycles. The zero-order chi connectivity index (χ0) is 10.6. The molecule has 0 saturated heterocycles. The molecule has 5 nitrogen and oxygen atoms in total. The lowest BCUT2D eigenvalue weighted by molar-refractivity contribution is 0.203. The van der Waals surface area contributed by atoms with Crippen molar-refractivity contribution >= 4 is 5.82 Å². The first-order chi connectivity index (χ1) is 6.67. The van der Waals surface area contributed by atoms with E-state index in [9.17, 15) is 0 Å². The third-order valence-corrected chi connectivity index (χ3v) is 1.99. The average molecular weight is 197 g/mol. The van der Waals surface area contributed by atoms with Gasteiger partial charge in [-0.25, -0.2) is 4.98 Å². The van der Waals surface area contributed by atoms with E-state index in [0.717, 1.165) is 11.4 Å². The molecule has 0 spiro atoms. The monoisotopic (exact) mass is 197 g/mol. The minimum atomic E-state index is -0.383. The van der Waals surface area contributed by atoms with Crippen molar-refractivity contribution in [2.24, 2.45) is 0 Å². The third-order valence-electron chi connectivity index (χ3n) is 1.99. The normalized spacial score (nSPS) is 10.6. The molecule has 0 aliphatic rings. The van der Waals surface area contributed by atoms with Crippen molar-refractivity contribution in [2.75, 3.05) is 18.5 Å². The van der Waals surface area contributed by atoms with Crippen LogP contribution in [0.2, 0.25) is 0 Å². The van der Waals surface area contributed by atoms with Gasteiger partial charge in [-0.15, -0.1) is 0 Å². The first-order valence-electron chi connectivity index (χ1n) is 4.46. The lowest BCUT2D eigenvalue weighted by atomic mass is 10.3. The molecule has 3 N–H and O–H groups in total. The number of rotatable bonds is 4. The van der Waals surface area contributed by atoms with E-state index >= 15 is 0 Å². The second-order valence-corrected chi connectivity index (χ2v) is 3.13. The Kier molecular flexibility index (Phi) is 3.79. The van der Waals surface area contributed by atoms with Crippen molar-refractivity contribution < 1.29 is 10.2 Å². The fourth-order valence-corrected chi connectivity index (χ4v) is 0.970. The summed E-state index contributed by atoms with van der Waals surface area (Å²) in [5, 5.41) is 20.6. The number of hydrogen-bond donors (Lipinski definition) is 3. The zero-order valence-corrected chi connectivity index (χ0v) is 8.36. The molecule has 0 amide bonds. The maximum atomic E-state index is 8.84. The average Bonchev–Trinajstić information content (AvgIpc) is 2.19. The lowest BCUT2D eigenvalue weighted by Gasteiger charge is -2.14. The quantitative estimate of drug-likeness (QED) is 0.626. The van der Waals surface area contributed by atoms with Gasteiger partial charge in [0.15, 0.2) is 0 Å². The smallest absolute Gasteiger partial charge is 0.145 e. The van der Waals surface area contributed by atoms with Gasteiger partial charge in [0.2, 0.25) is 0 Å². The standard InChI is InChI=1S/C9H15N3O2/c1-6-7(2)11-9(3-10-6)12-8(4-13)5-14/h3,8,13-14H,4-5H2,1-2H3,(H,11,12). The van der Waals surface area contributed by atoms with Gasteiger partial charge in [0, 0.05) is 0 Å². The summed E-state index contributed by atoms with van der Waals surface area (Å²) in [7, 11) is 0. The summed E-state index contributed by atoms with van der Waals surface area (Å²) >= 11 is 0. The maximum absolute atomic E-state index is 8.84. The van der Waals surface area contributed by atoms with Crippen LogP contribution in [0.25, 0.3) is 0 Å². The number of nitrogens with zero attached hydrogens (tertiary/aromatic N) is 2. The van der Waals surface area contributed by atoms with Crippen LogP contribution in [0, 0.1) is 13.8 Å². The van der Waals surface area contributed by atoms with Crippen LogP contribution in [0.5, 0.6) is 0 Å². The first-order valence-corrected chi connectivity index (χ1v) is 4.46. The van der Waals surface area contributed by atoms with Crippen LogP contribution in [0.4, 0.5) is 5.82 Å². The summed E-state index contributed by atoms with van der Waals surface area (Å²) in [5.74, 6) is 0.571. The second kappa shape index (κ2) is 4.88. The van der Waals surface area contributed by atoms with Gasteiger partial charge in [0.1, 0.15) is 5.82 Å². The molecular weight excluding hydrogens is 182 g/mol. The van der Waals surface area contributed by atoms with Crippen molar-refractivity contribution in [3.63, 3.8) is 0 Å². The summed E-state index contributed by atoms with van der Waals surface area (Å²) in [4.78, 5) is 8.32. The van der Waals surface area contributed by atoms with E-state index in [0.29, 0.717) is 5.82 Å². The van der Waals surface area contributed by atoms with Gasteiger partial charge in [-0.1, -0.05) is 0 Å². The molecule has 1 aromatic rings. The Balaban J connectivity index is 2.72. The predicted molar refractivity (Wildman–Crippen MR) is 53.1 cm³/mol. The summed E-state index contributed by atoms with van der Waals surface area (Å²) in [6.45, 7) is 3.47. The Hall–Kier alpha value is -1.20. The fraction of sp³-hybridized carbons (Fsp3) is 0.556. The molecule has 78 valence electrons. The zero-order valence-electron chi connectivity index (χ0n) is 8.36. The van der Waals surface area contributed by atoms with Crippen LogP contribution in [0.1, 0.15) is 11.4 Å². The molecular formula is C9H15N3O2. The molecule has 0 radical (unpaired) electrons. The predicted octanol–water partition coefficient (Wildman–Crippen LogP) is -0.141. The van der Waals surface area contributed by atoms with E-state index in [4.69, 9.17) is 10.2 Å². The van der Waals surface area contributed by atoms with Gasteiger partial charge in [-0.2, -0.15) is 0 Å². The molecule has 1 heterocycles. The van der Waals surface area contributed by atoms with Crippen LogP contribution in [0.15, 0.2) is 6.20 Å². The minimum Gasteiger partial charge on any atom is -0.394 e. The second-order valence-electron chi connectivity index (χ2n) is 3.13. The molecule has 0 unspecified atom stereocenters. The van der Waals surface area contributed by atoms with Gasteiger partial charge in [-0.3, -0.25) is 4.98 Å². The molecule has 0 bridgehead atoms. The maximum Gasteiger partial charge on any atom is 0.145 e. The molecule has 0 aromatic carbocycles. The molecule has 0 saturated carbocycles. The van der Waals surface area contributed by atoms with Gasteiger partial charge in [0.25, 0.3) is 0 Å². The number of aromatic nitrogens is 2. The lowest BCUT2D eigenvalue weighted by Crippen LogP contribution is -2.28. The Morgan fingerprint density at radius 3 is 2.43 bits per heavy atom. The molecule has 1 rings (SSSR count). The third kappa shape index (κ3) is 2.65. The number of hydrogen-bond acceptors (Lipinski definition) is 5. The van der Waals surface area contributed by atoms with E-state index in [2.05, 4.69) is 15.3 Å². The molecule has 0 atom stereocenters. The topological polar surface area (TPSA) is 78.3 Å². The highest BCUT2D eigenvalue weighted by Crippen LogP contribution is 2.06. The van der Waals surface area contributed by atoms with Gasteiger partial charge >= 0.3 is 0 Å². The Bertz CT molecular complexity index is 300. The Morgan fingerprint density at radius 2 is 1.93 bits per heavy atom. The molecule has 5 heteroatoms.